The topological polar surface area (TPSA) is 26.3 Å². The molecule has 5 heteroatoms. The van der Waals surface area contributed by atoms with E-state index in [1.54, 1.807) is 38.1 Å². The maximum absolute atomic E-state index is 13.0. The van der Waals surface area contributed by atoms with Crippen LogP contribution in [0.25, 0.3) is 0 Å². The molecule has 0 unspecified atom stereocenters. The Hall–Kier alpha value is -1.23. The Labute approximate surface area is 113 Å². The highest BCUT2D eigenvalue weighted by molar-refractivity contribution is 9.10. The third-order valence-corrected chi connectivity index (χ3v) is 3.24. The molecular formula is C13H13BrF2O2. The predicted octanol–water partition coefficient (Wildman–Crippen LogP) is 4.05. The first kappa shape index (κ1) is 14.8. The molecule has 0 aliphatic rings. The number of halogens is 3. The monoisotopic (exact) mass is 318 g/mol. The Morgan fingerprint density at radius 3 is 2.39 bits per heavy atom. The van der Waals surface area contributed by atoms with Gasteiger partial charge in [0.15, 0.2) is 0 Å². The number of methoxy groups -OCH3 is 1. The minimum atomic E-state index is -2.02. The van der Waals surface area contributed by atoms with Crippen LogP contribution in [0.5, 0.6) is 0 Å². The number of carbonyl (C=O) groups excluding carboxylic acids is 1. The minimum absolute atomic E-state index is 0.602. The first-order valence-electron chi connectivity index (χ1n) is 5.20. The van der Waals surface area contributed by atoms with Crippen molar-refractivity contribution in [3.8, 4) is 0 Å². The summed E-state index contributed by atoms with van der Waals surface area (Å²) in [6.07, 6.45) is -2.02. The van der Waals surface area contributed by atoms with E-state index in [2.05, 4.69) is 20.7 Å². The highest BCUT2D eigenvalue weighted by Crippen LogP contribution is 2.36. The zero-order valence-corrected chi connectivity index (χ0v) is 11.8. The van der Waals surface area contributed by atoms with E-state index in [9.17, 15) is 13.6 Å². The first-order valence-corrected chi connectivity index (χ1v) is 6.00. The zero-order chi connectivity index (χ0) is 13.9. The van der Waals surface area contributed by atoms with Crippen LogP contribution in [0.15, 0.2) is 40.4 Å². The van der Waals surface area contributed by atoms with E-state index in [4.69, 9.17) is 0 Å². The molecule has 0 bridgehead atoms. The molecule has 1 aromatic carbocycles. The van der Waals surface area contributed by atoms with Crippen molar-refractivity contribution in [2.75, 3.05) is 7.11 Å². The second-order valence-electron chi connectivity index (χ2n) is 4.26. The number of ether oxygens (including phenoxy) is 1. The molecule has 98 valence electrons. The minimum Gasteiger partial charge on any atom is -0.465 e. The van der Waals surface area contributed by atoms with E-state index in [1.165, 1.54) is 0 Å². The van der Waals surface area contributed by atoms with Crippen LogP contribution in [-0.2, 0) is 14.9 Å². The summed E-state index contributed by atoms with van der Waals surface area (Å²) in [4.78, 5) is 11.5. The number of carbonyl (C=O) groups is 1. The standard InChI is InChI=1S/C13H13BrF2O2/c1-13(2,8-5-4-6-9(14)7-8)10(11(15)16)12(17)18-3/h4-7H,1-3H3. The van der Waals surface area contributed by atoms with Crippen molar-refractivity contribution >= 4 is 21.9 Å². The quantitative estimate of drug-likeness (QED) is 0.620. The van der Waals surface area contributed by atoms with Gasteiger partial charge in [-0.3, -0.25) is 0 Å². The smallest absolute Gasteiger partial charge is 0.340 e. The SMILES string of the molecule is COC(=O)C(=C(F)F)C(C)(C)c1cccc(Br)c1. The molecule has 0 saturated carbocycles. The lowest BCUT2D eigenvalue weighted by Crippen LogP contribution is -2.27. The van der Waals surface area contributed by atoms with E-state index in [1.807, 2.05) is 0 Å². The molecule has 0 aliphatic heterocycles. The summed E-state index contributed by atoms with van der Waals surface area (Å²) in [6, 6.07) is 6.90. The van der Waals surface area contributed by atoms with Gasteiger partial charge in [-0.25, -0.2) is 4.79 Å². The van der Waals surface area contributed by atoms with Crippen molar-refractivity contribution in [3.05, 3.63) is 46.0 Å². The average molecular weight is 319 g/mol. The maximum atomic E-state index is 13.0. The second-order valence-corrected chi connectivity index (χ2v) is 5.18. The lowest BCUT2D eigenvalue weighted by molar-refractivity contribution is -0.137. The number of hydrogen-bond donors (Lipinski definition) is 0. The fourth-order valence-electron chi connectivity index (χ4n) is 1.69. The summed E-state index contributed by atoms with van der Waals surface area (Å²) in [5.74, 6) is -1.01. The molecule has 0 N–H and O–H groups in total. The van der Waals surface area contributed by atoms with Crippen molar-refractivity contribution in [2.24, 2.45) is 0 Å². The van der Waals surface area contributed by atoms with Crippen LogP contribution in [0.2, 0.25) is 0 Å². The molecule has 0 saturated heterocycles. The lowest BCUT2D eigenvalue weighted by Gasteiger charge is -2.26. The summed E-state index contributed by atoms with van der Waals surface area (Å²) in [5, 5.41) is 0. The van der Waals surface area contributed by atoms with Gasteiger partial charge < -0.3 is 4.74 Å². The van der Waals surface area contributed by atoms with Gasteiger partial charge in [-0.2, -0.15) is 8.78 Å². The van der Waals surface area contributed by atoms with Gasteiger partial charge in [0.05, 0.1) is 7.11 Å². The number of rotatable bonds is 3. The predicted molar refractivity (Wildman–Crippen MR) is 68.4 cm³/mol. The molecule has 0 spiro atoms. The van der Waals surface area contributed by atoms with E-state index in [-0.39, 0.29) is 0 Å². The maximum Gasteiger partial charge on any atom is 0.340 e. The molecule has 0 fully saturated rings. The molecule has 1 aromatic rings. The van der Waals surface area contributed by atoms with Gasteiger partial charge in [0, 0.05) is 9.89 Å². The van der Waals surface area contributed by atoms with Crippen LogP contribution in [-0.4, -0.2) is 13.1 Å². The van der Waals surface area contributed by atoms with Gasteiger partial charge in [-0.1, -0.05) is 41.9 Å². The average Bonchev–Trinajstić information content (AvgIpc) is 2.28. The normalized spacial score (nSPS) is 11.0. The molecule has 0 radical (unpaired) electrons. The van der Waals surface area contributed by atoms with E-state index >= 15 is 0 Å². The Morgan fingerprint density at radius 2 is 1.94 bits per heavy atom. The number of esters is 1. The van der Waals surface area contributed by atoms with Gasteiger partial charge >= 0.3 is 5.97 Å². The molecule has 0 atom stereocenters. The van der Waals surface area contributed by atoms with Crippen molar-refractivity contribution < 1.29 is 18.3 Å². The van der Waals surface area contributed by atoms with Gasteiger partial charge in [-0.05, 0) is 17.7 Å². The van der Waals surface area contributed by atoms with Crippen LogP contribution in [0, 0.1) is 0 Å². The molecule has 18 heavy (non-hydrogen) atoms. The summed E-state index contributed by atoms with van der Waals surface area (Å²) >= 11 is 3.28. The van der Waals surface area contributed by atoms with E-state index < -0.39 is 23.0 Å². The van der Waals surface area contributed by atoms with Crippen LogP contribution in [0.1, 0.15) is 19.4 Å². The fourth-order valence-corrected chi connectivity index (χ4v) is 2.09. The molecule has 0 aromatic heterocycles. The summed E-state index contributed by atoms with van der Waals surface area (Å²) in [6.45, 7) is 3.11. The molecule has 0 heterocycles. The highest BCUT2D eigenvalue weighted by atomic mass is 79.9. The van der Waals surface area contributed by atoms with E-state index in [0.29, 0.717) is 5.56 Å². The van der Waals surface area contributed by atoms with Crippen molar-refractivity contribution in [1.82, 2.24) is 0 Å². The van der Waals surface area contributed by atoms with Crippen LogP contribution < -0.4 is 0 Å². The van der Waals surface area contributed by atoms with Gasteiger partial charge in [-0.15, -0.1) is 0 Å². The first-order chi connectivity index (χ1) is 8.30. The third-order valence-electron chi connectivity index (χ3n) is 2.75. The number of benzene rings is 1. The Balaban J connectivity index is 3.35. The largest absolute Gasteiger partial charge is 0.465 e. The van der Waals surface area contributed by atoms with Gasteiger partial charge in [0.2, 0.25) is 0 Å². The summed E-state index contributed by atoms with van der Waals surface area (Å²) < 4.78 is 31.2. The molecule has 0 amide bonds. The second kappa shape index (κ2) is 5.61. The molecule has 1 rings (SSSR count). The third kappa shape index (κ3) is 2.96. The van der Waals surface area contributed by atoms with Crippen LogP contribution >= 0.6 is 15.9 Å². The highest BCUT2D eigenvalue weighted by Gasteiger charge is 2.35. The van der Waals surface area contributed by atoms with Gasteiger partial charge in [0.1, 0.15) is 5.57 Å². The fraction of sp³-hybridized carbons (Fsp3) is 0.308. The van der Waals surface area contributed by atoms with Crippen molar-refractivity contribution in [2.45, 2.75) is 19.3 Å². The van der Waals surface area contributed by atoms with Crippen LogP contribution in [0.3, 0.4) is 0 Å². The molecule has 0 aliphatic carbocycles. The Bertz CT molecular complexity index is 492. The van der Waals surface area contributed by atoms with Crippen molar-refractivity contribution in [1.29, 1.82) is 0 Å². The zero-order valence-electron chi connectivity index (χ0n) is 10.3. The molecular weight excluding hydrogens is 306 g/mol. The molecule has 2 nitrogen and oxygen atoms in total. The summed E-state index contributed by atoms with van der Waals surface area (Å²) in [5.41, 5.74) is -1.15. The van der Waals surface area contributed by atoms with Crippen molar-refractivity contribution in [3.63, 3.8) is 0 Å². The van der Waals surface area contributed by atoms with Crippen LogP contribution in [0.4, 0.5) is 8.78 Å². The number of hydrogen-bond acceptors (Lipinski definition) is 2. The van der Waals surface area contributed by atoms with Gasteiger partial charge in [0.25, 0.3) is 6.08 Å². The van der Waals surface area contributed by atoms with E-state index in [0.717, 1.165) is 11.6 Å². The summed E-state index contributed by atoms with van der Waals surface area (Å²) in [7, 11) is 1.09. The Morgan fingerprint density at radius 1 is 1.33 bits per heavy atom. The lowest BCUT2D eigenvalue weighted by atomic mass is 9.78. The Kier molecular flexibility index (Phi) is 4.62.